The first-order chi connectivity index (χ1) is 10.2. The van der Waals surface area contributed by atoms with Crippen molar-refractivity contribution >= 4 is 39.0 Å². The topological polar surface area (TPSA) is 9.23 Å². The zero-order valence-electron chi connectivity index (χ0n) is 12.3. The normalized spacial score (nSPS) is 15.6. The van der Waals surface area contributed by atoms with Crippen molar-refractivity contribution in [2.24, 2.45) is 0 Å². The van der Waals surface area contributed by atoms with Crippen LogP contribution in [0.2, 0.25) is 0 Å². The third-order valence-corrected chi connectivity index (χ3v) is 7.23. The predicted molar refractivity (Wildman–Crippen MR) is 97.3 cm³/mol. The molecule has 0 amide bonds. The summed E-state index contributed by atoms with van der Waals surface area (Å²) in [5.41, 5.74) is 4.04. The lowest BCUT2D eigenvalue weighted by Gasteiger charge is -2.15. The van der Waals surface area contributed by atoms with Crippen molar-refractivity contribution in [3.8, 4) is 5.75 Å². The Kier molecular flexibility index (Phi) is 4.97. The quantitative estimate of drug-likeness (QED) is 0.624. The summed E-state index contributed by atoms with van der Waals surface area (Å²) in [6.45, 7) is 4.87. The number of thioether (sulfide) groups is 1. The minimum absolute atomic E-state index is 0.222. The Hall–Kier alpha value is -0.450. The second-order valence-corrected chi connectivity index (χ2v) is 8.43. The smallest absolute Gasteiger partial charge is 0.123 e. The molecule has 3 rings (SSSR count). The highest BCUT2D eigenvalue weighted by atomic mass is 79.9. The van der Waals surface area contributed by atoms with E-state index in [4.69, 9.17) is 4.74 Å². The minimum atomic E-state index is 0.222. The summed E-state index contributed by atoms with van der Waals surface area (Å²) in [5, 5.41) is 0. The lowest BCUT2D eigenvalue weighted by Crippen LogP contribution is -1.99. The fourth-order valence-corrected chi connectivity index (χ4v) is 5.74. The molecule has 0 saturated heterocycles. The summed E-state index contributed by atoms with van der Waals surface area (Å²) < 4.78 is 5.81. The summed E-state index contributed by atoms with van der Waals surface area (Å²) in [6.07, 6.45) is 1.22. The molecule has 0 spiro atoms. The van der Waals surface area contributed by atoms with Gasteiger partial charge in [0.25, 0.3) is 0 Å². The van der Waals surface area contributed by atoms with Gasteiger partial charge in [0.05, 0.1) is 11.4 Å². The van der Waals surface area contributed by atoms with Crippen molar-refractivity contribution in [2.75, 3.05) is 12.4 Å². The molecule has 1 atom stereocenters. The Bertz CT molecular complexity index is 612. The number of benzene rings is 1. The Morgan fingerprint density at radius 1 is 1.33 bits per heavy atom. The Morgan fingerprint density at radius 3 is 2.95 bits per heavy atom. The first kappa shape index (κ1) is 15.4. The van der Waals surface area contributed by atoms with Crippen LogP contribution in [-0.4, -0.2) is 12.4 Å². The molecule has 0 aliphatic carbocycles. The van der Waals surface area contributed by atoms with Crippen molar-refractivity contribution in [3.63, 3.8) is 0 Å². The van der Waals surface area contributed by atoms with Gasteiger partial charge in [-0.15, -0.1) is 11.3 Å². The van der Waals surface area contributed by atoms with Crippen LogP contribution in [0.3, 0.4) is 0 Å². The van der Waals surface area contributed by atoms with Crippen LogP contribution in [0.25, 0.3) is 0 Å². The van der Waals surface area contributed by atoms with Crippen molar-refractivity contribution in [2.45, 2.75) is 30.8 Å². The Morgan fingerprint density at radius 2 is 2.19 bits per heavy atom. The van der Waals surface area contributed by atoms with Crippen LogP contribution >= 0.6 is 39.0 Å². The number of thiophene rings is 1. The summed E-state index contributed by atoms with van der Waals surface area (Å²) in [7, 11) is 0. The summed E-state index contributed by atoms with van der Waals surface area (Å²) in [6, 6.07) is 8.82. The maximum Gasteiger partial charge on any atom is 0.123 e. The number of ether oxygens (including phenoxy) is 1. The van der Waals surface area contributed by atoms with E-state index in [9.17, 15) is 0 Å². The van der Waals surface area contributed by atoms with Crippen molar-refractivity contribution in [1.82, 2.24) is 0 Å². The maximum atomic E-state index is 5.81. The predicted octanol–water partition coefficient (Wildman–Crippen LogP) is 5.73. The van der Waals surface area contributed by atoms with E-state index in [0.717, 1.165) is 11.5 Å². The molecule has 1 aromatic heterocycles. The molecule has 4 heteroatoms. The lowest BCUT2D eigenvalue weighted by molar-refractivity contribution is 0.337. The summed E-state index contributed by atoms with van der Waals surface area (Å²) in [5.74, 6) is 3.41. The van der Waals surface area contributed by atoms with E-state index in [0.29, 0.717) is 6.61 Å². The highest BCUT2D eigenvalue weighted by Gasteiger charge is 2.21. The molecule has 1 nitrogen and oxygen atoms in total. The highest BCUT2D eigenvalue weighted by Crippen LogP contribution is 2.43. The standard InChI is InChI=1S/C17H19BrOS2/c1-3-19-14-5-4-11(2)8-13(14)17(18)16-9-12-10-20-7-6-15(12)21-16/h4-5,8-9,17H,3,6-7,10H2,1-2H3. The third-order valence-electron chi connectivity index (χ3n) is 3.63. The number of hydrogen-bond donors (Lipinski definition) is 0. The molecule has 1 aliphatic rings. The van der Waals surface area contributed by atoms with Gasteiger partial charge in [0.1, 0.15) is 5.75 Å². The van der Waals surface area contributed by atoms with Gasteiger partial charge in [-0.05, 0) is 43.7 Å². The molecule has 1 unspecified atom stereocenters. The zero-order chi connectivity index (χ0) is 14.8. The van der Waals surface area contributed by atoms with Crippen molar-refractivity contribution in [3.05, 3.63) is 50.7 Å². The second-order valence-electron chi connectivity index (χ2n) is 5.24. The van der Waals surface area contributed by atoms with E-state index in [1.807, 2.05) is 30.0 Å². The van der Waals surface area contributed by atoms with Gasteiger partial charge in [-0.2, -0.15) is 11.8 Å². The van der Waals surface area contributed by atoms with Gasteiger partial charge in [-0.25, -0.2) is 0 Å². The molecule has 112 valence electrons. The summed E-state index contributed by atoms with van der Waals surface area (Å²) in [4.78, 5) is 3.19. The third kappa shape index (κ3) is 3.33. The number of halogens is 1. The van der Waals surface area contributed by atoms with Crippen molar-refractivity contribution in [1.29, 1.82) is 0 Å². The lowest BCUT2D eigenvalue weighted by atomic mass is 10.1. The number of hydrogen-bond acceptors (Lipinski definition) is 3. The van der Waals surface area contributed by atoms with Gasteiger partial charge in [0, 0.05) is 21.1 Å². The maximum absolute atomic E-state index is 5.81. The molecular formula is C17H19BrOS2. The monoisotopic (exact) mass is 382 g/mol. The first-order valence-corrected chi connectivity index (χ1v) is 10.1. The van der Waals surface area contributed by atoms with Crippen LogP contribution in [-0.2, 0) is 12.2 Å². The first-order valence-electron chi connectivity index (χ1n) is 7.25. The van der Waals surface area contributed by atoms with E-state index in [1.54, 1.807) is 4.88 Å². The average molecular weight is 383 g/mol. The molecule has 0 saturated carbocycles. The fraction of sp³-hybridized carbons (Fsp3) is 0.412. The molecular weight excluding hydrogens is 364 g/mol. The van der Waals surface area contributed by atoms with Gasteiger partial charge in [0.15, 0.2) is 0 Å². The Balaban J connectivity index is 1.95. The van der Waals surface area contributed by atoms with Crippen LogP contribution in [0.5, 0.6) is 5.75 Å². The van der Waals surface area contributed by atoms with E-state index >= 15 is 0 Å². The molecule has 1 aliphatic heterocycles. The molecule has 1 aromatic carbocycles. The molecule has 0 radical (unpaired) electrons. The highest BCUT2D eigenvalue weighted by molar-refractivity contribution is 9.09. The number of alkyl halides is 1. The van der Waals surface area contributed by atoms with Crippen LogP contribution < -0.4 is 4.74 Å². The molecule has 2 aromatic rings. The van der Waals surface area contributed by atoms with E-state index < -0.39 is 0 Å². The SMILES string of the molecule is CCOc1ccc(C)cc1C(Br)c1cc2c(s1)CCSC2. The van der Waals surface area contributed by atoms with Crippen LogP contribution in [0.4, 0.5) is 0 Å². The van der Waals surface area contributed by atoms with Crippen LogP contribution in [0.1, 0.15) is 38.2 Å². The number of aryl methyl sites for hydroxylation is 2. The van der Waals surface area contributed by atoms with E-state index in [-0.39, 0.29) is 4.83 Å². The van der Waals surface area contributed by atoms with E-state index in [2.05, 4.69) is 47.1 Å². The molecule has 0 N–H and O–H groups in total. The molecule has 2 heterocycles. The number of rotatable bonds is 4. The minimum Gasteiger partial charge on any atom is -0.494 e. The largest absolute Gasteiger partial charge is 0.494 e. The fourth-order valence-electron chi connectivity index (χ4n) is 2.60. The van der Waals surface area contributed by atoms with Crippen LogP contribution in [0, 0.1) is 6.92 Å². The average Bonchev–Trinajstić information content (AvgIpc) is 2.92. The molecule has 21 heavy (non-hydrogen) atoms. The second kappa shape index (κ2) is 6.76. The molecule has 0 fully saturated rings. The van der Waals surface area contributed by atoms with Gasteiger partial charge in [0.2, 0.25) is 0 Å². The zero-order valence-corrected chi connectivity index (χ0v) is 15.5. The molecule has 0 bridgehead atoms. The van der Waals surface area contributed by atoms with Crippen molar-refractivity contribution < 1.29 is 4.74 Å². The van der Waals surface area contributed by atoms with Gasteiger partial charge < -0.3 is 4.74 Å². The summed E-state index contributed by atoms with van der Waals surface area (Å²) >= 11 is 7.89. The van der Waals surface area contributed by atoms with Crippen LogP contribution in [0.15, 0.2) is 24.3 Å². The number of fused-ring (bicyclic) bond motifs is 1. The van der Waals surface area contributed by atoms with Gasteiger partial charge >= 0.3 is 0 Å². The Labute approximate surface area is 143 Å². The van der Waals surface area contributed by atoms with E-state index in [1.165, 1.54) is 33.7 Å². The van der Waals surface area contributed by atoms with Gasteiger partial charge in [-0.1, -0.05) is 33.6 Å². The van der Waals surface area contributed by atoms with Gasteiger partial charge in [-0.3, -0.25) is 0 Å².